The molecule has 0 spiro atoms. The number of carbonyl (C=O) groups is 1. The smallest absolute Gasteiger partial charge is 0.236 e. The number of carbonyl (C=O) groups excluding carboxylic acids is 1. The Morgan fingerprint density at radius 2 is 1.84 bits per heavy atom. The minimum absolute atomic E-state index is 0.139. The van der Waals surface area contributed by atoms with Gasteiger partial charge in [0.15, 0.2) is 0 Å². The summed E-state index contributed by atoms with van der Waals surface area (Å²) in [4.78, 5) is 26.7. The van der Waals surface area contributed by atoms with Gasteiger partial charge in [0.1, 0.15) is 15.7 Å². The maximum atomic E-state index is 13.1. The normalized spacial score (nSPS) is 22.4. The van der Waals surface area contributed by atoms with Crippen LogP contribution >= 0.6 is 23.1 Å². The Bertz CT molecular complexity index is 792. The monoisotopic (exact) mass is 377 g/mol. The number of thioether (sulfide) groups is 1. The summed E-state index contributed by atoms with van der Waals surface area (Å²) >= 11 is 3.30. The molecule has 0 N–H and O–H groups in total. The topological polar surface area (TPSA) is 46.1 Å². The Hall–Kier alpha value is -1.14. The molecule has 2 aromatic rings. The van der Waals surface area contributed by atoms with Crippen molar-refractivity contribution in [1.82, 2.24) is 14.9 Å². The summed E-state index contributed by atoms with van der Waals surface area (Å²) in [7, 11) is 0. The molecule has 136 valence electrons. The number of rotatable bonds is 3. The Kier molecular flexibility index (Phi) is 5.40. The van der Waals surface area contributed by atoms with Crippen molar-refractivity contribution in [2.24, 2.45) is 0 Å². The van der Waals surface area contributed by atoms with Crippen molar-refractivity contribution in [1.29, 1.82) is 0 Å². The van der Waals surface area contributed by atoms with Crippen molar-refractivity contribution >= 4 is 39.2 Å². The summed E-state index contributed by atoms with van der Waals surface area (Å²) in [6, 6.07) is 0.660. The Morgan fingerprint density at radius 3 is 2.48 bits per heavy atom. The van der Waals surface area contributed by atoms with E-state index in [9.17, 15) is 4.79 Å². The third-order valence-electron chi connectivity index (χ3n) is 5.19. The van der Waals surface area contributed by atoms with Crippen molar-refractivity contribution < 1.29 is 4.79 Å². The highest BCUT2D eigenvalue weighted by Gasteiger charge is 2.32. The fourth-order valence-corrected chi connectivity index (χ4v) is 5.93. The molecule has 6 heteroatoms. The third kappa shape index (κ3) is 3.56. The van der Waals surface area contributed by atoms with Gasteiger partial charge in [-0.2, -0.15) is 0 Å². The van der Waals surface area contributed by atoms with E-state index in [0.29, 0.717) is 12.1 Å². The van der Waals surface area contributed by atoms with Gasteiger partial charge in [0, 0.05) is 22.3 Å². The average Bonchev–Trinajstić information content (AvgIpc) is 2.81. The first kappa shape index (κ1) is 18.6. The van der Waals surface area contributed by atoms with Gasteiger partial charge in [-0.1, -0.05) is 11.8 Å². The second-order valence-corrected chi connectivity index (χ2v) is 9.71. The molecule has 3 rings (SSSR count). The second kappa shape index (κ2) is 7.23. The molecule has 1 fully saturated rings. The van der Waals surface area contributed by atoms with Crippen LogP contribution in [0.3, 0.4) is 0 Å². The second-order valence-electron chi connectivity index (χ2n) is 7.17. The van der Waals surface area contributed by atoms with Gasteiger partial charge in [-0.15, -0.1) is 11.3 Å². The molecule has 1 aliphatic heterocycles. The molecule has 1 amide bonds. The van der Waals surface area contributed by atoms with Gasteiger partial charge in [-0.3, -0.25) is 4.79 Å². The molecule has 0 aliphatic carbocycles. The number of hydrogen-bond donors (Lipinski definition) is 0. The molecule has 1 aliphatic rings. The van der Waals surface area contributed by atoms with E-state index in [-0.39, 0.29) is 11.2 Å². The number of fused-ring (bicyclic) bond motifs is 1. The summed E-state index contributed by atoms with van der Waals surface area (Å²) < 4.78 is 0. The highest BCUT2D eigenvalue weighted by atomic mass is 32.2. The van der Waals surface area contributed by atoms with Gasteiger partial charge >= 0.3 is 0 Å². The first-order valence-corrected chi connectivity index (χ1v) is 10.7. The van der Waals surface area contributed by atoms with Gasteiger partial charge in [-0.25, -0.2) is 9.97 Å². The van der Waals surface area contributed by atoms with E-state index < -0.39 is 0 Å². The van der Waals surface area contributed by atoms with Crippen LogP contribution in [0, 0.1) is 20.8 Å². The average molecular weight is 378 g/mol. The highest BCUT2D eigenvalue weighted by molar-refractivity contribution is 8.00. The van der Waals surface area contributed by atoms with Gasteiger partial charge in [-0.05, 0) is 66.4 Å². The summed E-state index contributed by atoms with van der Waals surface area (Å²) in [6.45, 7) is 12.5. The molecule has 2 aromatic heterocycles. The zero-order valence-electron chi connectivity index (χ0n) is 15.9. The van der Waals surface area contributed by atoms with Crippen LogP contribution in [0.1, 0.15) is 56.3 Å². The van der Waals surface area contributed by atoms with Crippen molar-refractivity contribution in [3.05, 3.63) is 16.3 Å². The van der Waals surface area contributed by atoms with Crippen LogP contribution in [0.4, 0.5) is 0 Å². The van der Waals surface area contributed by atoms with Crippen molar-refractivity contribution in [2.45, 2.75) is 83.2 Å². The van der Waals surface area contributed by atoms with Crippen LogP contribution in [0.2, 0.25) is 0 Å². The lowest BCUT2D eigenvalue weighted by atomic mass is 9.97. The van der Waals surface area contributed by atoms with Crippen molar-refractivity contribution in [2.75, 3.05) is 0 Å². The SMILES string of the molecule is Cc1nc(S[C@H](C)C(=O)N2[C@@H](C)CCC[C@@H]2C)c2c(C)c(C)sc2n1. The fourth-order valence-electron chi connectivity index (χ4n) is 3.68. The number of likely N-dealkylation sites (tertiary alicyclic amines) is 1. The first-order valence-electron chi connectivity index (χ1n) is 9.02. The van der Waals surface area contributed by atoms with Gasteiger partial charge in [0.25, 0.3) is 0 Å². The zero-order chi connectivity index (χ0) is 18.3. The summed E-state index contributed by atoms with van der Waals surface area (Å²) in [5.41, 5.74) is 1.24. The van der Waals surface area contributed by atoms with E-state index in [0.717, 1.165) is 33.9 Å². The molecule has 25 heavy (non-hydrogen) atoms. The van der Waals surface area contributed by atoms with Gasteiger partial charge in [0.2, 0.25) is 5.91 Å². The number of piperidine rings is 1. The van der Waals surface area contributed by atoms with E-state index >= 15 is 0 Å². The maximum Gasteiger partial charge on any atom is 0.236 e. The predicted molar refractivity (Wildman–Crippen MR) is 107 cm³/mol. The molecular formula is C19H27N3OS2. The molecular weight excluding hydrogens is 350 g/mol. The minimum Gasteiger partial charge on any atom is -0.336 e. The summed E-state index contributed by atoms with van der Waals surface area (Å²) in [6.07, 6.45) is 3.42. The van der Waals surface area contributed by atoms with Crippen molar-refractivity contribution in [3.8, 4) is 0 Å². The quantitative estimate of drug-likeness (QED) is 0.564. The van der Waals surface area contributed by atoms with Crippen LogP contribution in [0.15, 0.2) is 5.03 Å². The van der Waals surface area contributed by atoms with E-state index in [2.05, 4.69) is 42.6 Å². The largest absolute Gasteiger partial charge is 0.336 e. The van der Waals surface area contributed by atoms with Crippen molar-refractivity contribution in [3.63, 3.8) is 0 Å². The number of aromatic nitrogens is 2. The lowest BCUT2D eigenvalue weighted by Gasteiger charge is -2.40. The van der Waals surface area contributed by atoms with Crippen LogP contribution in [-0.2, 0) is 4.79 Å². The third-order valence-corrected chi connectivity index (χ3v) is 7.37. The highest BCUT2D eigenvalue weighted by Crippen LogP contribution is 2.37. The number of thiophene rings is 1. The van der Waals surface area contributed by atoms with Gasteiger partial charge < -0.3 is 4.90 Å². The van der Waals surface area contributed by atoms with E-state index in [1.165, 1.54) is 16.9 Å². The zero-order valence-corrected chi connectivity index (χ0v) is 17.6. The van der Waals surface area contributed by atoms with E-state index in [1.807, 2.05) is 13.8 Å². The molecule has 3 atom stereocenters. The summed E-state index contributed by atoms with van der Waals surface area (Å²) in [5.74, 6) is 1.01. The van der Waals surface area contributed by atoms with E-state index in [1.54, 1.807) is 23.1 Å². The predicted octanol–water partition coefficient (Wildman–Crippen LogP) is 4.89. The maximum absolute atomic E-state index is 13.1. The molecule has 0 saturated carbocycles. The molecule has 0 aromatic carbocycles. The van der Waals surface area contributed by atoms with Crippen LogP contribution in [0.5, 0.6) is 0 Å². The molecule has 0 radical (unpaired) electrons. The molecule has 0 bridgehead atoms. The first-order chi connectivity index (χ1) is 11.8. The lowest BCUT2D eigenvalue weighted by molar-refractivity contribution is -0.136. The standard InChI is InChI=1S/C19H27N3OS2/c1-10-8-7-9-11(2)22(10)19(23)14(5)25-18-16-12(3)13(4)24-17(16)20-15(6)21-18/h10-11,14H,7-9H2,1-6H3/t10-,11-,14+/m0/s1. The Labute approximate surface area is 158 Å². The molecule has 0 unspecified atom stereocenters. The number of amides is 1. The molecule has 1 saturated heterocycles. The number of nitrogens with zero attached hydrogens (tertiary/aromatic N) is 3. The number of aryl methyl sites for hydroxylation is 3. The van der Waals surface area contributed by atoms with Crippen LogP contribution in [0.25, 0.3) is 10.2 Å². The molecule has 3 heterocycles. The van der Waals surface area contributed by atoms with Crippen LogP contribution in [-0.4, -0.2) is 38.1 Å². The van der Waals surface area contributed by atoms with Crippen LogP contribution < -0.4 is 0 Å². The molecule has 4 nitrogen and oxygen atoms in total. The fraction of sp³-hybridized carbons (Fsp3) is 0.632. The van der Waals surface area contributed by atoms with Gasteiger partial charge in [0.05, 0.1) is 5.25 Å². The lowest BCUT2D eigenvalue weighted by Crippen LogP contribution is -2.50. The summed E-state index contributed by atoms with van der Waals surface area (Å²) in [5, 5.41) is 1.93. The number of hydrogen-bond acceptors (Lipinski definition) is 5. The Balaban J connectivity index is 1.89. The van der Waals surface area contributed by atoms with E-state index in [4.69, 9.17) is 0 Å². The Morgan fingerprint density at radius 1 is 1.20 bits per heavy atom. The minimum atomic E-state index is -0.139.